The van der Waals surface area contributed by atoms with Crippen molar-refractivity contribution >= 4 is 0 Å². The van der Waals surface area contributed by atoms with E-state index in [9.17, 15) is 5.26 Å². The Morgan fingerprint density at radius 1 is 1.22 bits per heavy atom. The maximum Gasteiger partial charge on any atom is 0.0690 e. The zero-order valence-electron chi connectivity index (χ0n) is 11.4. The smallest absolute Gasteiger partial charge is 0.0690 e. The van der Waals surface area contributed by atoms with Crippen LogP contribution in [0.4, 0.5) is 0 Å². The lowest BCUT2D eigenvalue weighted by molar-refractivity contribution is 0.0688. The highest BCUT2D eigenvalue weighted by molar-refractivity contribution is 5.39. The second-order valence-electron chi connectivity index (χ2n) is 6.55. The largest absolute Gasteiger partial charge is 0.198 e. The number of nitrogens with zero attached hydrogens (tertiary/aromatic N) is 1. The fourth-order valence-corrected chi connectivity index (χ4v) is 4.56. The molecule has 2 aliphatic carbocycles. The molecule has 1 heteroatoms. The van der Waals surface area contributed by atoms with E-state index in [1.807, 2.05) is 0 Å². The number of fused-ring (bicyclic) bond motifs is 3. The Kier molecular flexibility index (Phi) is 2.52. The highest BCUT2D eigenvalue weighted by Crippen LogP contribution is 2.56. The van der Waals surface area contributed by atoms with Gasteiger partial charge in [-0.05, 0) is 55.1 Å². The monoisotopic (exact) mass is 239 g/mol. The summed E-state index contributed by atoms with van der Waals surface area (Å²) < 4.78 is 0. The number of benzene rings is 1. The van der Waals surface area contributed by atoms with Crippen LogP contribution in [0.5, 0.6) is 0 Å². The zero-order chi connectivity index (χ0) is 12.8. The summed E-state index contributed by atoms with van der Waals surface area (Å²) in [6.45, 7) is 4.58. The van der Waals surface area contributed by atoms with E-state index in [0.29, 0.717) is 5.92 Å². The fourth-order valence-electron chi connectivity index (χ4n) is 4.56. The summed E-state index contributed by atoms with van der Waals surface area (Å²) in [6, 6.07) is 11.5. The van der Waals surface area contributed by atoms with Gasteiger partial charge in [-0.2, -0.15) is 5.26 Å². The first kappa shape index (κ1) is 11.8. The van der Waals surface area contributed by atoms with Crippen molar-refractivity contribution in [3.05, 3.63) is 35.4 Å². The third-order valence-corrected chi connectivity index (χ3v) is 5.52. The summed E-state index contributed by atoms with van der Waals surface area (Å²) in [5.41, 5.74) is 3.12. The molecule has 1 aromatic rings. The number of nitriles is 1. The second-order valence-corrected chi connectivity index (χ2v) is 6.55. The molecule has 3 atom stereocenters. The molecule has 1 nitrogen and oxygen atoms in total. The lowest BCUT2D eigenvalue weighted by Crippen LogP contribution is -2.48. The van der Waals surface area contributed by atoms with Gasteiger partial charge in [0.25, 0.3) is 0 Å². The third kappa shape index (κ3) is 1.45. The van der Waals surface area contributed by atoms with Gasteiger partial charge in [0.15, 0.2) is 0 Å². The molecule has 1 aromatic carbocycles. The normalized spacial score (nSPS) is 38.4. The van der Waals surface area contributed by atoms with Crippen LogP contribution in [0.25, 0.3) is 0 Å². The quantitative estimate of drug-likeness (QED) is 0.665. The van der Waals surface area contributed by atoms with E-state index in [1.165, 1.54) is 30.4 Å². The van der Waals surface area contributed by atoms with Crippen molar-refractivity contribution in [1.29, 1.82) is 5.26 Å². The molecule has 0 bridgehead atoms. The highest BCUT2D eigenvalue weighted by atomic mass is 14.6. The van der Waals surface area contributed by atoms with E-state index in [0.717, 1.165) is 12.8 Å². The molecule has 0 spiro atoms. The maximum absolute atomic E-state index is 9.60. The summed E-state index contributed by atoms with van der Waals surface area (Å²) in [6.07, 6.45) is 5.83. The van der Waals surface area contributed by atoms with Gasteiger partial charge in [-0.25, -0.2) is 0 Å². The molecule has 1 saturated carbocycles. The number of aryl methyl sites for hydroxylation is 1. The van der Waals surface area contributed by atoms with E-state index in [2.05, 4.69) is 44.2 Å². The fraction of sp³-hybridized carbons (Fsp3) is 0.588. The number of rotatable bonds is 0. The minimum absolute atomic E-state index is 0.124. The summed E-state index contributed by atoms with van der Waals surface area (Å²) in [5, 5.41) is 9.60. The first-order valence-corrected chi connectivity index (χ1v) is 7.10. The molecule has 0 aromatic heterocycles. The molecule has 94 valence electrons. The lowest BCUT2D eigenvalue weighted by Gasteiger charge is -2.52. The van der Waals surface area contributed by atoms with Crippen LogP contribution in [-0.4, -0.2) is 0 Å². The first-order chi connectivity index (χ1) is 8.60. The molecule has 0 unspecified atom stereocenters. The van der Waals surface area contributed by atoms with Crippen molar-refractivity contribution < 1.29 is 0 Å². The average molecular weight is 239 g/mol. The average Bonchev–Trinajstić information content (AvgIpc) is 2.39. The van der Waals surface area contributed by atoms with Crippen molar-refractivity contribution in [1.82, 2.24) is 0 Å². The molecule has 0 amide bonds. The molecule has 18 heavy (non-hydrogen) atoms. The SMILES string of the molecule is C[C@]1(C#N)CCC[C@@]2(C)c3ccccc3CC[C@@H]12. The Bertz CT molecular complexity index is 513. The van der Waals surface area contributed by atoms with Gasteiger partial charge in [0.05, 0.1) is 11.5 Å². The standard InChI is InChI=1S/C17H21N/c1-16(12-18)10-5-11-17(2)14-7-4-3-6-13(14)8-9-15(16)17/h3-4,6-7,15H,5,8-11H2,1-2H3/t15-,16+,17-/m0/s1. The highest BCUT2D eigenvalue weighted by Gasteiger charge is 2.51. The van der Waals surface area contributed by atoms with Crippen molar-refractivity contribution in [2.75, 3.05) is 0 Å². The van der Waals surface area contributed by atoms with Crippen LogP contribution in [0, 0.1) is 22.7 Å². The first-order valence-electron chi connectivity index (χ1n) is 7.10. The molecule has 0 heterocycles. The van der Waals surface area contributed by atoms with Crippen molar-refractivity contribution in [3.8, 4) is 6.07 Å². The van der Waals surface area contributed by atoms with Gasteiger partial charge in [0, 0.05) is 0 Å². The summed E-state index contributed by atoms with van der Waals surface area (Å²) in [4.78, 5) is 0. The van der Waals surface area contributed by atoms with Crippen LogP contribution in [0.2, 0.25) is 0 Å². The Hall–Kier alpha value is -1.29. The van der Waals surface area contributed by atoms with E-state index >= 15 is 0 Å². The summed E-state index contributed by atoms with van der Waals surface area (Å²) in [5.74, 6) is 0.527. The van der Waals surface area contributed by atoms with Gasteiger partial charge in [0.2, 0.25) is 0 Å². The molecule has 1 fully saturated rings. The van der Waals surface area contributed by atoms with E-state index in [1.54, 1.807) is 0 Å². The molecule has 0 aliphatic heterocycles. The third-order valence-electron chi connectivity index (χ3n) is 5.52. The van der Waals surface area contributed by atoms with Crippen LogP contribution in [0.1, 0.15) is 50.7 Å². The van der Waals surface area contributed by atoms with Gasteiger partial charge >= 0.3 is 0 Å². The molecular formula is C17H21N. The van der Waals surface area contributed by atoms with Crippen LogP contribution in [0.3, 0.4) is 0 Å². The van der Waals surface area contributed by atoms with Crippen molar-refractivity contribution in [2.24, 2.45) is 11.3 Å². The number of hydrogen-bond donors (Lipinski definition) is 0. The van der Waals surface area contributed by atoms with Gasteiger partial charge in [-0.15, -0.1) is 0 Å². The Morgan fingerprint density at radius 3 is 2.78 bits per heavy atom. The Balaban J connectivity index is 2.13. The predicted octanol–water partition coefficient (Wildman–Crippen LogP) is 4.22. The van der Waals surface area contributed by atoms with Crippen molar-refractivity contribution in [3.63, 3.8) is 0 Å². The van der Waals surface area contributed by atoms with Crippen molar-refractivity contribution in [2.45, 2.75) is 51.4 Å². The Morgan fingerprint density at radius 2 is 2.00 bits per heavy atom. The van der Waals surface area contributed by atoms with E-state index in [-0.39, 0.29) is 10.8 Å². The van der Waals surface area contributed by atoms with Gasteiger partial charge in [-0.3, -0.25) is 0 Å². The minimum atomic E-state index is -0.124. The number of hydrogen-bond acceptors (Lipinski definition) is 1. The molecule has 0 N–H and O–H groups in total. The van der Waals surface area contributed by atoms with E-state index < -0.39 is 0 Å². The van der Waals surface area contributed by atoms with Gasteiger partial charge in [0.1, 0.15) is 0 Å². The minimum Gasteiger partial charge on any atom is -0.198 e. The van der Waals surface area contributed by atoms with Crippen LogP contribution in [-0.2, 0) is 11.8 Å². The maximum atomic E-state index is 9.60. The summed E-state index contributed by atoms with van der Waals surface area (Å²) >= 11 is 0. The van der Waals surface area contributed by atoms with Crippen LogP contribution in [0.15, 0.2) is 24.3 Å². The molecular weight excluding hydrogens is 218 g/mol. The lowest BCUT2D eigenvalue weighted by atomic mass is 9.50. The molecule has 0 radical (unpaired) electrons. The van der Waals surface area contributed by atoms with E-state index in [4.69, 9.17) is 0 Å². The zero-order valence-corrected chi connectivity index (χ0v) is 11.4. The van der Waals surface area contributed by atoms with Gasteiger partial charge < -0.3 is 0 Å². The summed E-state index contributed by atoms with van der Waals surface area (Å²) in [7, 11) is 0. The topological polar surface area (TPSA) is 23.8 Å². The van der Waals surface area contributed by atoms with Crippen LogP contribution < -0.4 is 0 Å². The molecule has 2 aliphatic rings. The molecule has 3 rings (SSSR count). The molecule has 0 saturated heterocycles. The second kappa shape index (κ2) is 3.85. The van der Waals surface area contributed by atoms with Gasteiger partial charge in [-0.1, -0.05) is 37.6 Å². The Labute approximate surface area is 110 Å². The predicted molar refractivity (Wildman–Crippen MR) is 73.2 cm³/mol. The van der Waals surface area contributed by atoms with Crippen LogP contribution >= 0.6 is 0 Å².